The van der Waals surface area contributed by atoms with Gasteiger partial charge in [0.1, 0.15) is 5.75 Å². The first kappa shape index (κ1) is 19.0. The van der Waals surface area contributed by atoms with E-state index in [0.29, 0.717) is 33.7 Å². The van der Waals surface area contributed by atoms with Crippen LogP contribution < -0.4 is 15.4 Å². The van der Waals surface area contributed by atoms with E-state index in [2.05, 4.69) is 26.6 Å². The van der Waals surface area contributed by atoms with Gasteiger partial charge in [-0.25, -0.2) is 0 Å². The van der Waals surface area contributed by atoms with Crippen LogP contribution in [0.1, 0.15) is 17.3 Å². The van der Waals surface area contributed by atoms with Gasteiger partial charge in [0.05, 0.1) is 22.2 Å². The number of amides is 1. The number of hydrogen-bond acceptors (Lipinski definition) is 3. The molecule has 0 heterocycles. The normalized spacial score (nSPS) is 10.2. The molecule has 0 aliphatic rings. The number of rotatable bonds is 4. The minimum Gasteiger partial charge on any atom is -0.493 e. The lowest BCUT2D eigenvalue weighted by atomic mass is 10.2. The predicted octanol–water partition coefficient (Wildman–Crippen LogP) is 5.28. The van der Waals surface area contributed by atoms with Crippen molar-refractivity contribution in [1.29, 1.82) is 0 Å². The van der Waals surface area contributed by atoms with Crippen molar-refractivity contribution >= 4 is 68.1 Å². The number of halogens is 3. The van der Waals surface area contributed by atoms with Gasteiger partial charge < -0.3 is 10.1 Å². The number of thiocarbonyl (C=S) groups is 1. The fraction of sp³-hybridized carbons (Fsp3) is 0.125. The zero-order chi connectivity index (χ0) is 17.7. The van der Waals surface area contributed by atoms with Crippen molar-refractivity contribution in [3.8, 4) is 5.75 Å². The summed E-state index contributed by atoms with van der Waals surface area (Å²) in [6.45, 7) is 2.30. The van der Waals surface area contributed by atoms with Gasteiger partial charge in [-0.1, -0.05) is 39.1 Å². The minimum absolute atomic E-state index is 0.140. The number of nitrogens with one attached hydrogen (secondary N) is 2. The molecule has 4 nitrogen and oxygen atoms in total. The molecule has 0 saturated heterocycles. The highest BCUT2D eigenvalue weighted by Gasteiger charge is 2.15. The summed E-state index contributed by atoms with van der Waals surface area (Å²) in [7, 11) is 0. The number of hydrogen-bond donors (Lipinski definition) is 2. The van der Waals surface area contributed by atoms with E-state index < -0.39 is 0 Å². The van der Waals surface area contributed by atoms with Crippen LogP contribution in [-0.2, 0) is 0 Å². The summed E-state index contributed by atoms with van der Waals surface area (Å²) in [5, 5.41) is 6.46. The topological polar surface area (TPSA) is 50.4 Å². The SMILES string of the molecule is CCOc1ccc(Br)cc1C(=O)NC(=S)Nc1ccc(Cl)c(Cl)c1. The molecule has 2 aromatic rings. The van der Waals surface area contributed by atoms with Crippen molar-refractivity contribution in [3.05, 3.63) is 56.5 Å². The summed E-state index contributed by atoms with van der Waals surface area (Å²) < 4.78 is 6.23. The Morgan fingerprint density at radius 3 is 2.62 bits per heavy atom. The lowest BCUT2D eigenvalue weighted by molar-refractivity contribution is 0.0974. The van der Waals surface area contributed by atoms with Gasteiger partial charge in [-0.05, 0) is 55.5 Å². The van der Waals surface area contributed by atoms with Crippen LogP contribution in [0.25, 0.3) is 0 Å². The maximum absolute atomic E-state index is 12.4. The molecule has 0 saturated carbocycles. The highest BCUT2D eigenvalue weighted by atomic mass is 79.9. The molecule has 24 heavy (non-hydrogen) atoms. The van der Waals surface area contributed by atoms with Crippen LogP contribution in [0.2, 0.25) is 10.0 Å². The van der Waals surface area contributed by atoms with E-state index in [-0.39, 0.29) is 11.0 Å². The monoisotopic (exact) mass is 446 g/mol. The first-order chi connectivity index (χ1) is 11.4. The summed E-state index contributed by atoms with van der Waals surface area (Å²) in [6.07, 6.45) is 0. The lowest BCUT2D eigenvalue weighted by Crippen LogP contribution is -2.34. The molecule has 2 rings (SSSR count). The summed E-state index contributed by atoms with van der Waals surface area (Å²) in [4.78, 5) is 12.4. The molecular weight excluding hydrogens is 435 g/mol. The second-order valence-electron chi connectivity index (χ2n) is 4.61. The molecule has 0 aliphatic carbocycles. The Balaban J connectivity index is 2.10. The molecule has 0 spiro atoms. The molecule has 0 aromatic heterocycles. The van der Waals surface area contributed by atoms with E-state index in [9.17, 15) is 4.79 Å². The largest absolute Gasteiger partial charge is 0.493 e. The number of carbonyl (C=O) groups excluding carboxylic acids is 1. The van der Waals surface area contributed by atoms with Gasteiger partial charge in [0.15, 0.2) is 5.11 Å². The van der Waals surface area contributed by atoms with Crippen LogP contribution in [0.5, 0.6) is 5.75 Å². The van der Waals surface area contributed by atoms with Gasteiger partial charge in [-0.3, -0.25) is 10.1 Å². The van der Waals surface area contributed by atoms with Crippen molar-refractivity contribution in [2.75, 3.05) is 11.9 Å². The van der Waals surface area contributed by atoms with Gasteiger partial charge in [-0.15, -0.1) is 0 Å². The summed E-state index contributed by atoms with van der Waals surface area (Å²) in [5.74, 6) is 0.104. The molecule has 8 heteroatoms. The predicted molar refractivity (Wildman–Crippen MR) is 105 cm³/mol. The maximum Gasteiger partial charge on any atom is 0.261 e. The van der Waals surface area contributed by atoms with Gasteiger partial charge in [0, 0.05) is 10.2 Å². The summed E-state index contributed by atoms with van der Waals surface area (Å²) in [5.41, 5.74) is 0.999. The Labute approximate surface area is 163 Å². The molecule has 2 N–H and O–H groups in total. The average molecular weight is 448 g/mol. The van der Waals surface area contributed by atoms with Gasteiger partial charge in [0.25, 0.3) is 5.91 Å². The van der Waals surface area contributed by atoms with Gasteiger partial charge >= 0.3 is 0 Å². The summed E-state index contributed by atoms with van der Waals surface area (Å²) >= 11 is 20.3. The van der Waals surface area contributed by atoms with Crippen LogP contribution in [0.4, 0.5) is 5.69 Å². The molecule has 0 radical (unpaired) electrons. The highest BCUT2D eigenvalue weighted by Crippen LogP contribution is 2.25. The first-order valence-corrected chi connectivity index (χ1v) is 8.86. The molecule has 0 bridgehead atoms. The first-order valence-electron chi connectivity index (χ1n) is 6.90. The van der Waals surface area contributed by atoms with Gasteiger partial charge in [-0.2, -0.15) is 0 Å². The van der Waals surface area contributed by atoms with E-state index in [0.717, 1.165) is 4.47 Å². The average Bonchev–Trinajstić information content (AvgIpc) is 2.52. The van der Waals surface area contributed by atoms with Crippen LogP contribution in [0.3, 0.4) is 0 Å². The van der Waals surface area contributed by atoms with E-state index in [1.807, 2.05) is 6.92 Å². The van der Waals surface area contributed by atoms with E-state index in [1.165, 1.54) is 0 Å². The second-order valence-corrected chi connectivity index (χ2v) is 6.75. The zero-order valence-corrected chi connectivity index (χ0v) is 16.4. The smallest absolute Gasteiger partial charge is 0.261 e. The number of benzene rings is 2. The van der Waals surface area contributed by atoms with Crippen molar-refractivity contribution in [1.82, 2.24) is 5.32 Å². The Bertz CT molecular complexity index is 787. The number of anilines is 1. The van der Waals surface area contributed by atoms with Crippen molar-refractivity contribution in [2.24, 2.45) is 0 Å². The van der Waals surface area contributed by atoms with E-state index in [1.54, 1.807) is 36.4 Å². The van der Waals surface area contributed by atoms with E-state index in [4.69, 9.17) is 40.2 Å². The highest BCUT2D eigenvalue weighted by molar-refractivity contribution is 9.10. The molecule has 0 atom stereocenters. The lowest BCUT2D eigenvalue weighted by Gasteiger charge is -2.13. The van der Waals surface area contributed by atoms with Crippen LogP contribution >= 0.6 is 51.3 Å². The molecule has 0 aliphatic heterocycles. The summed E-state index contributed by atoms with van der Waals surface area (Å²) in [6, 6.07) is 10.1. The Hall–Kier alpha value is -1.34. The molecule has 126 valence electrons. The van der Waals surface area contributed by atoms with Crippen LogP contribution in [0, 0.1) is 0 Å². The maximum atomic E-state index is 12.4. The molecule has 1 amide bonds. The molecule has 0 fully saturated rings. The number of carbonyl (C=O) groups is 1. The third kappa shape index (κ3) is 5.08. The standard InChI is InChI=1S/C16H13BrCl2N2O2S/c1-2-23-14-6-3-9(17)7-11(14)15(22)21-16(24)20-10-4-5-12(18)13(19)8-10/h3-8H,2H2,1H3,(H2,20,21,22,24). The molecule has 0 unspecified atom stereocenters. The Morgan fingerprint density at radius 2 is 1.96 bits per heavy atom. The van der Waals surface area contributed by atoms with Crippen molar-refractivity contribution in [3.63, 3.8) is 0 Å². The van der Waals surface area contributed by atoms with Gasteiger partial charge in [0.2, 0.25) is 0 Å². The number of ether oxygens (including phenoxy) is 1. The Morgan fingerprint density at radius 1 is 1.21 bits per heavy atom. The third-order valence-electron chi connectivity index (χ3n) is 2.89. The third-order valence-corrected chi connectivity index (χ3v) is 4.33. The van der Waals surface area contributed by atoms with Crippen molar-refractivity contribution < 1.29 is 9.53 Å². The van der Waals surface area contributed by atoms with Crippen LogP contribution in [-0.4, -0.2) is 17.6 Å². The Kier molecular flexibility index (Phi) is 6.86. The van der Waals surface area contributed by atoms with E-state index >= 15 is 0 Å². The van der Waals surface area contributed by atoms with Crippen LogP contribution in [0.15, 0.2) is 40.9 Å². The zero-order valence-electron chi connectivity index (χ0n) is 12.5. The second kappa shape index (κ2) is 8.67. The molecular formula is C16H13BrCl2N2O2S. The quantitative estimate of drug-likeness (QED) is 0.626. The fourth-order valence-electron chi connectivity index (χ4n) is 1.87. The van der Waals surface area contributed by atoms with Crippen molar-refractivity contribution in [2.45, 2.75) is 6.92 Å². The molecule has 2 aromatic carbocycles. The fourth-order valence-corrected chi connectivity index (χ4v) is 2.74. The minimum atomic E-state index is -0.377.